The Bertz CT molecular complexity index is 870. The van der Waals surface area contributed by atoms with Crippen LogP contribution in [0.15, 0.2) is 24.4 Å². The average molecular weight is 411 g/mol. The fraction of sp³-hybridized carbons (Fsp3) is 0.600. The van der Waals surface area contributed by atoms with Crippen LogP contribution in [-0.2, 0) is 16.5 Å². The van der Waals surface area contributed by atoms with Crippen LogP contribution in [0.5, 0.6) is 0 Å². The highest BCUT2D eigenvalue weighted by Gasteiger charge is 2.40. The van der Waals surface area contributed by atoms with E-state index < -0.39 is 10.1 Å². The number of hydrogen-bond acceptors (Lipinski definition) is 4. The van der Waals surface area contributed by atoms with Crippen LogP contribution in [0, 0.1) is 5.92 Å². The smallest absolute Gasteiger partial charge is 0.261 e. The summed E-state index contributed by atoms with van der Waals surface area (Å²) in [5.74, 6) is 2.88. The molecule has 0 spiro atoms. The van der Waals surface area contributed by atoms with E-state index >= 15 is 0 Å². The summed E-state index contributed by atoms with van der Waals surface area (Å²) in [5, 5.41) is 1.53. The number of H-pyrrole nitrogens is 1. The molecule has 0 saturated carbocycles. The highest BCUT2D eigenvalue weighted by atomic mass is 32.2. The number of fused-ring (bicyclic) bond motifs is 2. The fourth-order valence-electron chi connectivity index (χ4n) is 4.80. The quantitative estimate of drug-likeness (QED) is 0.751. The third kappa shape index (κ3) is 4.88. The maximum Gasteiger partial charge on any atom is 0.261 e. The van der Waals surface area contributed by atoms with Crippen molar-refractivity contribution in [1.82, 2.24) is 9.88 Å². The Labute approximate surface area is 166 Å². The number of nitrogens with one attached hydrogen (secondary N) is 1. The van der Waals surface area contributed by atoms with Gasteiger partial charge in [0.15, 0.2) is 0 Å². The predicted molar refractivity (Wildman–Crippen MR) is 114 cm³/mol. The average Bonchev–Trinajstić information content (AvgIpc) is 3.00. The van der Waals surface area contributed by atoms with Gasteiger partial charge in [0, 0.05) is 35.6 Å². The molecule has 7 heteroatoms. The van der Waals surface area contributed by atoms with Crippen LogP contribution in [0.3, 0.4) is 0 Å². The molecule has 2 N–H and O–H groups in total. The van der Waals surface area contributed by atoms with Crippen molar-refractivity contribution in [2.75, 3.05) is 31.4 Å². The Morgan fingerprint density at radius 3 is 2.78 bits per heavy atom. The van der Waals surface area contributed by atoms with Crippen LogP contribution in [0.4, 0.5) is 0 Å². The lowest BCUT2D eigenvalue weighted by molar-refractivity contribution is 0.0926. The van der Waals surface area contributed by atoms with E-state index in [2.05, 4.69) is 47.5 Å². The number of likely N-dealkylation sites (tertiary alicyclic amines) is 1. The van der Waals surface area contributed by atoms with E-state index in [1.807, 2.05) is 11.8 Å². The van der Waals surface area contributed by atoms with Gasteiger partial charge in [-0.25, -0.2) is 0 Å². The molecule has 27 heavy (non-hydrogen) atoms. The predicted octanol–water partition coefficient (Wildman–Crippen LogP) is 3.78. The van der Waals surface area contributed by atoms with E-state index in [0.29, 0.717) is 12.3 Å². The molecule has 2 heterocycles. The lowest BCUT2D eigenvalue weighted by atomic mass is 9.72. The highest BCUT2D eigenvalue weighted by Crippen LogP contribution is 2.45. The van der Waals surface area contributed by atoms with Gasteiger partial charge in [0.05, 0.1) is 6.26 Å². The second-order valence-electron chi connectivity index (χ2n) is 7.75. The Morgan fingerprint density at radius 1 is 1.37 bits per heavy atom. The first-order chi connectivity index (χ1) is 12.8. The zero-order valence-electron chi connectivity index (χ0n) is 16.3. The molecule has 0 amide bonds. The van der Waals surface area contributed by atoms with Crippen LogP contribution in [0.1, 0.15) is 36.8 Å². The lowest BCUT2D eigenvalue weighted by Gasteiger charge is -2.47. The summed E-state index contributed by atoms with van der Waals surface area (Å²) in [6.45, 7) is 4.87. The monoisotopic (exact) mass is 410 g/mol. The van der Waals surface area contributed by atoms with Crippen molar-refractivity contribution >= 4 is 32.8 Å². The van der Waals surface area contributed by atoms with Crippen LogP contribution >= 0.6 is 11.8 Å². The Kier molecular flexibility index (Phi) is 6.56. The summed E-state index contributed by atoms with van der Waals surface area (Å²) in [6.07, 6.45) is 9.08. The van der Waals surface area contributed by atoms with Gasteiger partial charge in [0.1, 0.15) is 0 Å². The third-order valence-electron chi connectivity index (χ3n) is 5.57. The summed E-state index contributed by atoms with van der Waals surface area (Å²) in [4.78, 5) is 6.29. The molecule has 1 aromatic carbocycles. The normalized spacial score (nSPS) is 25.0. The number of aromatic nitrogens is 1. The molecule has 150 valence electrons. The zero-order chi connectivity index (χ0) is 19.6. The van der Waals surface area contributed by atoms with Gasteiger partial charge in [-0.2, -0.15) is 20.2 Å². The molecule has 1 aliphatic heterocycles. The highest BCUT2D eigenvalue weighted by molar-refractivity contribution is 7.98. The number of benzene rings is 1. The number of hydrogen-bond donors (Lipinski definition) is 2. The second kappa shape index (κ2) is 8.55. The van der Waals surface area contributed by atoms with Gasteiger partial charge in [-0.3, -0.25) is 9.45 Å². The van der Waals surface area contributed by atoms with E-state index in [0.717, 1.165) is 11.8 Å². The van der Waals surface area contributed by atoms with Crippen molar-refractivity contribution in [3.8, 4) is 0 Å². The molecular weight excluding hydrogens is 380 g/mol. The summed E-state index contributed by atoms with van der Waals surface area (Å²) < 4.78 is 25.9. The van der Waals surface area contributed by atoms with Crippen LogP contribution in [0.25, 0.3) is 10.9 Å². The molecular formula is C20H30N2O3S2. The van der Waals surface area contributed by atoms with E-state index in [4.69, 9.17) is 4.55 Å². The van der Waals surface area contributed by atoms with Gasteiger partial charge >= 0.3 is 0 Å². The summed E-state index contributed by atoms with van der Waals surface area (Å²) in [7, 11) is -3.67. The number of rotatable bonds is 4. The minimum absolute atomic E-state index is 0.715. The molecule has 1 aromatic heterocycles. The zero-order valence-corrected chi connectivity index (χ0v) is 17.9. The maximum absolute atomic E-state index is 9.19. The van der Waals surface area contributed by atoms with Crippen LogP contribution < -0.4 is 0 Å². The molecule has 2 aliphatic rings. The summed E-state index contributed by atoms with van der Waals surface area (Å²) in [5.41, 5.74) is 4.48. The van der Waals surface area contributed by atoms with Gasteiger partial charge < -0.3 is 4.98 Å². The van der Waals surface area contributed by atoms with E-state index in [1.54, 1.807) is 5.56 Å². The summed E-state index contributed by atoms with van der Waals surface area (Å²) >= 11 is 2.01. The molecule has 0 bridgehead atoms. The van der Waals surface area contributed by atoms with Crippen molar-refractivity contribution in [3.63, 3.8) is 0 Å². The van der Waals surface area contributed by atoms with Crippen molar-refractivity contribution in [3.05, 3.63) is 35.5 Å². The Hall–Kier alpha value is -1.02. The molecule has 2 aromatic rings. The van der Waals surface area contributed by atoms with E-state index in [9.17, 15) is 8.42 Å². The maximum atomic E-state index is 9.19. The molecule has 0 radical (unpaired) electrons. The fourth-order valence-corrected chi connectivity index (χ4v) is 5.51. The number of piperidine rings is 1. The second-order valence-corrected chi connectivity index (χ2v) is 10.1. The van der Waals surface area contributed by atoms with Crippen molar-refractivity contribution in [2.45, 2.75) is 38.1 Å². The first-order valence-electron chi connectivity index (χ1n) is 9.56. The standard InChI is InChI=1S/C19H26N2S.CH4O3S/c1-3-7-21-11-13(12-22-2)8-16-15-5-4-6-17-19(15)14(10-20-17)9-18(16)21;1-5(2,3)4/h4-6,10,13,16,18,20H,3,7-9,11-12H2,1-2H3;1H3,(H,2,3,4)/t13?,16-,18+;/m0./s1. The molecule has 3 atom stereocenters. The van der Waals surface area contributed by atoms with Gasteiger partial charge in [0.2, 0.25) is 0 Å². The molecule has 1 saturated heterocycles. The molecule has 1 aliphatic carbocycles. The first kappa shape index (κ1) is 20.7. The Morgan fingerprint density at radius 2 is 2.11 bits per heavy atom. The Balaban J connectivity index is 0.000000376. The third-order valence-corrected chi connectivity index (χ3v) is 6.38. The van der Waals surface area contributed by atoms with E-state index in [1.165, 1.54) is 54.6 Å². The number of nitrogens with zero attached hydrogens (tertiary/aromatic N) is 1. The minimum Gasteiger partial charge on any atom is -0.361 e. The minimum atomic E-state index is -3.67. The van der Waals surface area contributed by atoms with Gasteiger partial charge in [-0.05, 0) is 60.9 Å². The SMILES string of the molecule is CCCN1CC(CSC)C[C@H]2c3cccc4[nH]cc(c34)C[C@H]21.CS(=O)(=O)O. The van der Waals surface area contributed by atoms with Crippen molar-refractivity contribution in [2.24, 2.45) is 5.92 Å². The van der Waals surface area contributed by atoms with Gasteiger partial charge in [0.25, 0.3) is 10.1 Å². The number of thioether (sulfide) groups is 1. The molecule has 5 nitrogen and oxygen atoms in total. The molecule has 1 fully saturated rings. The molecule has 1 unspecified atom stereocenters. The van der Waals surface area contributed by atoms with Crippen LogP contribution in [-0.4, -0.2) is 60.3 Å². The largest absolute Gasteiger partial charge is 0.361 e. The van der Waals surface area contributed by atoms with Gasteiger partial charge in [-0.1, -0.05) is 19.1 Å². The lowest BCUT2D eigenvalue weighted by Crippen LogP contribution is -2.50. The van der Waals surface area contributed by atoms with Crippen molar-refractivity contribution in [1.29, 1.82) is 0 Å². The van der Waals surface area contributed by atoms with E-state index in [-0.39, 0.29) is 0 Å². The van der Waals surface area contributed by atoms with Crippen molar-refractivity contribution < 1.29 is 13.0 Å². The first-order valence-corrected chi connectivity index (χ1v) is 12.8. The summed E-state index contributed by atoms with van der Waals surface area (Å²) in [6, 6.07) is 7.58. The molecule has 4 rings (SSSR count). The van der Waals surface area contributed by atoms with Gasteiger partial charge in [-0.15, -0.1) is 0 Å². The topological polar surface area (TPSA) is 73.4 Å². The number of aromatic amines is 1. The van der Waals surface area contributed by atoms with Crippen LogP contribution in [0.2, 0.25) is 0 Å².